The van der Waals surface area contributed by atoms with E-state index in [1.807, 2.05) is 6.07 Å². The zero-order valence-corrected chi connectivity index (χ0v) is 9.08. The van der Waals surface area contributed by atoms with Gasteiger partial charge in [0.1, 0.15) is 11.8 Å². The minimum Gasteiger partial charge on any atom is -0.504 e. The van der Waals surface area contributed by atoms with E-state index in [9.17, 15) is 5.11 Å². The Balaban J connectivity index is 2.34. The third kappa shape index (κ3) is 2.49. The van der Waals surface area contributed by atoms with Gasteiger partial charge in [-0.3, -0.25) is 0 Å². The standard InChI is InChI=1S/C12H9N3O2/c1-8-6-9(7-13)15-12(14-8)17-11-5-3-2-4-10(11)16/h2-6,16H,1H3. The summed E-state index contributed by atoms with van der Waals surface area (Å²) in [6, 6.07) is 10.00. The van der Waals surface area contributed by atoms with Crippen molar-refractivity contribution in [2.24, 2.45) is 0 Å². The fourth-order valence-corrected chi connectivity index (χ4v) is 1.29. The van der Waals surface area contributed by atoms with Gasteiger partial charge in [0, 0.05) is 5.69 Å². The second kappa shape index (κ2) is 4.49. The molecule has 5 heteroatoms. The highest BCUT2D eigenvalue weighted by Gasteiger charge is 2.07. The van der Waals surface area contributed by atoms with Crippen LogP contribution in [0, 0.1) is 18.3 Å². The quantitative estimate of drug-likeness (QED) is 0.850. The third-order valence-electron chi connectivity index (χ3n) is 2.01. The van der Waals surface area contributed by atoms with Crippen molar-refractivity contribution in [2.45, 2.75) is 6.92 Å². The molecule has 0 radical (unpaired) electrons. The molecular formula is C12H9N3O2. The minimum atomic E-state index is -0.00360. The van der Waals surface area contributed by atoms with Crippen molar-refractivity contribution in [2.75, 3.05) is 0 Å². The molecule has 0 fully saturated rings. The minimum absolute atomic E-state index is 0.00360. The maximum Gasteiger partial charge on any atom is 0.323 e. The second-order valence-electron chi connectivity index (χ2n) is 3.36. The molecule has 1 heterocycles. The van der Waals surface area contributed by atoms with Gasteiger partial charge in [-0.1, -0.05) is 12.1 Å². The summed E-state index contributed by atoms with van der Waals surface area (Å²) < 4.78 is 5.31. The van der Waals surface area contributed by atoms with Gasteiger partial charge >= 0.3 is 6.01 Å². The first-order valence-corrected chi connectivity index (χ1v) is 4.90. The first kappa shape index (κ1) is 10.9. The molecule has 2 aromatic rings. The number of aromatic hydroxyl groups is 1. The van der Waals surface area contributed by atoms with Crippen LogP contribution in [-0.4, -0.2) is 15.1 Å². The van der Waals surface area contributed by atoms with Gasteiger partial charge in [-0.05, 0) is 25.1 Å². The second-order valence-corrected chi connectivity index (χ2v) is 3.36. The van der Waals surface area contributed by atoms with Crippen LogP contribution in [0.1, 0.15) is 11.4 Å². The SMILES string of the molecule is Cc1cc(C#N)nc(Oc2ccccc2O)n1. The van der Waals surface area contributed by atoms with Crippen molar-refractivity contribution in [1.82, 2.24) is 9.97 Å². The molecule has 1 aromatic carbocycles. The molecule has 0 aliphatic carbocycles. The summed E-state index contributed by atoms with van der Waals surface area (Å²) in [5.41, 5.74) is 0.852. The lowest BCUT2D eigenvalue weighted by Crippen LogP contribution is -1.96. The molecule has 0 spiro atoms. The summed E-state index contributed by atoms with van der Waals surface area (Å²) in [5.74, 6) is 0.248. The molecular weight excluding hydrogens is 218 g/mol. The number of phenolic OH excluding ortho intramolecular Hbond substituents is 1. The smallest absolute Gasteiger partial charge is 0.323 e. The van der Waals surface area contributed by atoms with Crippen LogP contribution in [0.2, 0.25) is 0 Å². The summed E-state index contributed by atoms with van der Waals surface area (Å²) in [6.07, 6.45) is 0. The predicted molar refractivity (Wildman–Crippen MR) is 59.7 cm³/mol. The van der Waals surface area contributed by atoms with Crippen LogP contribution in [0.15, 0.2) is 30.3 Å². The van der Waals surface area contributed by atoms with Gasteiger partial charge in [-0.2, -0.15) is 10.2 Å². The molecule has 0 aliphatic heterocycles. The number of nitrogens with zero attached hydrogens (tertiary/aromatic N) is 3. The Morgan fingerprint density at radius 3 is 2.76 bits per heavy atom. The van der Waals surface area contributed by atoms with Gasteiger partial charge in [0.15, 0.2) is 11.5 Å². The van der Waals surface area contributed by atoms with Crippen LogP contribution in [0.5, 0.6) is 17.5 Å². The van der Waals surface area contributed by atoms with E-state index in [2.05, 4.69) is 9.97 Å². The monoisotopic (exact) mass is 227 g/mol. The van der Waals surface area contributed by atoms with Crippen molar-refractivity contribution in [3.63, 3.8) is 0 Å². The summed E-state index contributed by atoms with van der Waals surface area (Å²) in [5, 5.41) is 18.3. The summed E-state index contributed by atoms with van der Waals surface area (Å²) in [4.78, 5) is 7.91. The zero-order valence-electron chi connectivity index (χ0n) is 9.08. The molecule has 1 N–H and O–H groups in total. The normalized spacial score (nSPS) is 9.65. The molecule has 2 rings (SSSR count). The first-order valence-electron chi connectivity index (χ1n) is 4.90. The van der Waals surface area contributed by atoms with E-state index >= 15 is 0 Å². The summed E-state index contributed by atoms with van der Waals surface area (Å²) in [6.45, 7) is 1.74. The highest BCUT2D eigenvalue weighted by molar-refractivity contribution is 5.39. The van der Waals surface area contributed by atoms with Crippen molar-refractivity contribution in [3.8, 4) is 23.6 Å². The maximum atomic E-state index is 9.52. The van der Waals surface area contributed by atoms with Crippen LogP contribution in [0.3, 0.4) is 0 Å². The number of benzene rings is 1. The number of hydrogen-bond donors (Lipinski definition) is 1. The number of aromatic nitrogens is 2. The lowest BCUT2D eigenvalue weighted by atomic mass is 10.3. The van der Waals surface area contributed by atoms with Gasteiger partial charge in [0.2, 0.25) is 0 Å². The van der Waals surface area contributed by atoms with Crippen LogP contribution in [0.4, 0.5) is 0 Å². The first-order chi connectivity index (χ1) is 8.19. The Hall–Kier alpha value is -2.61. The highest BCUT2D eigenvalue weighted by Crippen LogP contribution is 2.28. The average Bonchev–Trinajstić information content (AvgIpc) is 2.31. The zero-order chi connectivity index (χ0) is 12.3. The maximum absolute atomic E-state index is 9.52. The third-order valence-corrected chi connectivity index (χ3v) is 2.01. The van der Waals surface area contributed by atoms with Crippen molar-refractivity contribution in [1.29, 1.82) is 5.26 Å². The van der Waals surface area contributed by atoms with E-state index in [1.165, 1.54) is 6.07 Å². The largest absolute Gasteiger partial charge is 0.504 e. The lowest BCUT2D eigenvalue weighted by Gasteiger charge is -2.05. The Morgan fingerprint density at radius 2 is 2.06 bits per heavy atom. The Morgan fingerprint density at radius 1 is 1.29 bits per heavy atom. The lowest BCUT2D eigenvalue weighted by molar-refractivity contribution is 0.391. The van der Waals surface area contributed by atoms with Crippen LogP contribution in [0.25, 0.3) is 0 Å². The molecule has 0 saturated carbocycles. The van der Waals surface area contributed by atoms with Crippen LogP contribution in [-0.2, 0) is 0 Å². The molecule has 0 unspecified atom stereocenters. The van der Waals surface area contributed by atoms with Crippen LogP contribution >= 0.6 is 0 Å². The van der Waals surface area contributed by atoms with Crippen molar-refractivity contribution < 1.29 is 9.84 Å². The Labute approximate surface area is 98.0 Å². The summed E-state index contributed by atoms with van der Waals surface area (Å²) in [7, 11) is 0. The number of nitriles is 1. The summed E-state index contributed by atoms with van der Waals surface area (Å²) >= 11 is 0. The number of ether oxygens (including phenoxy) is 1. The molecule has 0 amide bonds. The number of rotatable bonds is 2. The molecule has 0 saturated heterocycles. The van der Waals surface area contributed by atoms with Gasteiger partial charge in [-0.25, -0.2) is 4.98 Å². The molecule has 1 aromatic heterocycles. The Kier molecular flexibility index (Phi) is 2.88. The van der Waals surface area contributed by atoms with E-state index in [1.54, 1.807) is 31.2 Å². The predicted octanol–water partition coefficient (Wildman–Crippen LogP) is 2.15. The molecule has 0 aliphatic rings. The van der Waals surface area contributed by atoms with Crippen molar-refractivity contribution in [3.05, 3.63) is 41.7 Å². The van der Waals surface area contributed by atoms with E-state index in [0.29, 0.717) is 5.69 Å². The van der Waals surface area contributed by atoms with Crippen molar-refractivity contribution >= 4 is 0 Å². The topological polar surface area (TPSA) is 79.0 Å². The molecule has 5 nitrogen and oxygen atoms in total. The van der Waals surface area contributed by atoms with Gasteiger partial charge in [0.25, 0.3) is 0 Å². The Bertz CT molecular complexity index is 591. The van der Waals surface area contributed by atoms with E-state index in [0.717, 1.165) is 0 Å². The molecule has 0 atom stereocenters. The fourth-order valence-electron chi connectivity index (χ4n) is 1.29. The van der Waals surface area contributed by atoms with Gasteiger partial charge < -0.3 is 9.84 Å². The molecule has 0 bridgehead atoms. The number of hydrogen-bond acceptors (Lipinski definition) is 5. The van der Waals surface area contributed by atoms with Gasteiger partial charge in [0.05, 0.1) is 0 Å². The number of aryl methyl sites for hydroxylation is 1. The fraction of sp³-hybridized carbons (Fsp3) is 0.0833. The molecule has 84 valence electrons. The number of phenols is 1. The molecule has 17 heavy (non-hydrogen) atoms. The van der Waals surface area contributed by atoms with E-state index in [4.69, 9.17) is 10.00 Å². The van der Waals surface area contributed by atoms with Gasteiger partial charge in [-0.15, -0.1) is 0 Å². The average molecular weight is 227 g/mol. The van der Waals surface area contributed by atoms with Crippen LogP contribution < -0.4 is 4.74 Å². The highest BCUT2D eigenvalue weighted by atomic mass is 16.5. The number of para-hydroxylation sites is 2. The van der Waals surface area contributed by atoms with E-state index < -0.39 is 0 Å². The van der Waals surface area contributed by atoms with E-state index in [-0.39, 0.29) is 23.2 Å².